The molecule has 1 aliphatic rings. The summed E-state index contributed by atoms with van der Waals surface area (Å²) in [7, 11) is 2.23. The van der Waals surface area contributed by atoms with Crippen LogP contribution in [0.25, 0.3) is 0 Å². The van der Waals surface area contributed by atoms with Gasteiger partial charge in [-0.1, -0.05) is 6.92 Å². The van der Waals surface area contributed by atoms with Crippen molar-refractivity contribution >= 4 is 27.3 Å². The Morgan fingerprint density at radius 3 is 2.80 bits per heavy atom. The lowest BCUT2D eigenvalue weighted by molar-refractivity contribution is 0.115. The minimum atomic E-state index is 0.151. The van der Waals surface area contributed by atoms with E-state index in [-0.39, 0.29) is 6.04 Å². The molecule has 0 aliphatic carbocycles. The van der Waals surface area contributed by atoms with E-state index in [0.717, 1.165) is 13.1 Å². The van der Waals surface area contributed by atoms with Crippen LogP contribution in [0.5, 0.6) is 0 Å². The third kappa shape index (κ3) is 3.83. The van der Waals surface area contributed by atoms with Gasteiger partial charge in [-0.2, -0.15) is 0 Å². The van der Waals surface area contributed by atoms with Crippen LogP contribution in [0, 0.1) is 0 Å². The summed E-state index contributed by atoms with van der Waals surface area (Å²) >= 11 is 5.39. The highest BCUT2D eigenvalue weighted by Gasteiger charge is 2.32. The summed E-state index contributed by atoms with van der Waals surface area (Å²) in [5, 5.41) is 2.16. The van der Waals surface area contributed by atoms with Gasteiger partial charge in [-0.3, -0.25) is 4.90 Å². The van der Waals surface area contributed by atoms with Crippen molar-refractivity contribution in [2.24, 2.45) is 5.73 Å². The van der Waals surface area contributed by atoms with Crippen molar-refractivity contribution in [1.29, 1.82) is 0 Å². The Bertz CT molecular complexity index is 421. The van der Waals surface area contributed by atoms with Gasteiger partial charge in [0.1, 0.15) is 0 Å². The molecule has 114 valence electrons. The summed E-state index contributed by atoms with van der Waals surface area (Å²) in [6.07, 6.45) is 2.41. The van der Waals surface area contributed by atoms with E-state index in [2.05, 4.69) is 58.1 Å². The van der Waals surface area contributed by atoms with Crippen molar-refractivity contribution in [2.45, 2.75) is 44.8 Å². The fraction of sp³-hybridized carbons (Fsp3) is 0.733. The monoisotopic (exact) mass is 359 g/mol. The molecule has 2 heterocycles. The Hall–Kier alpha value is 0.0600. The maximum absolute atomic E-state index is 6.35. The largest absolute Gasteiger partial charge is 0.326 e. The minimum Gasteiger partial charge on any atom is -0.326 e. The van der Waals surface area contributed by atoms with Crippen molar-refractivity contribution in [1.82, 2.24) is 9.80 Å². The van der Waals surface area contributed by atoms with Gasteiger partial charge in [0, 0.05) is 39.9 Å². The number of hydrogen-bond acceptors (Lipinski definition) is 4. The molecule has 0 radical (unpaired) electrons. The van der Waals surface area contributed by atoms with Crippen molar-refractivity contribution in [2.75, 3.05) is 26.7 Å². The summed E-state index contributed by atoms with van der Waals surface area (Å²) in [5.74, 6) is 0. The second kappa shape index (κ2) is 7.36. The molecule has 0 aromatic carbocycles. The van der Waals surface area contributed by atoms with Crippen molar-refractivity contribution in [3.63, 3.8) is 0 Å². The predicted octanol–water partition coefficient (Wildman–Crippen LogP) is 3.32. The highest BCUT2D eigenvalue weighted by atomic mass is 79.9. The average molecular weight is 360 g/mol. The molecule has 3 nitrogen and oxygen atoms in total. The summed E-state index contributed by atoms with van der Waals surface area (Å²) in [6, 6.07) is 3.32. The number of halogens is 1. The molecule has 2 N–H and O–H groups in total. The number of thiophene rings is 1. The van der Waals surface area contributed by atoms with Gasteiger partial charge in [-0.05, 0) is 55.4 Å². The minimum absolute atomic E-state index is 0.151. The normalized spacial score (nSPS) is 25.4. The Balaban J connectivity index is 2.26. The van der Waals surface area contributed by atoms with Gasteiger partial charge in [-0.15, -0.1) is 11.3 Å². The summed E-state index contributed by atoms with van der Waals surface area (Å²) < 4.78 is 1.17. The number of likely N-dealkylation sites (N-methyl/N-ethyl adjacent to an activating group) is 1. The SMILES string of the molecule is CCC1CN(C)CCCN1C(c1cc(Br)cs1)C(C)N. The predicted molar refractivity (Wildman–Crippen MR) is 91.3 cm³/mol. The molecule has 0 spiro atoms. The van der Waals surface area contributed by atoms with Gasteiger partial charge in [0.15, 0.2) is 0 Å². The summed E-state index contributed by atoms with van der Waals surface area (Å²) in [4.78, 5) is 6.48. The van der Waals surface area contributed by atoms with Gasteiger partial charge in [-0.25, -0.2) is 0 Å². The van der Waals surface area contributed by atoms with E-state index >= 15 is 0 Å². The van der Waals surface area contributed by atoms with Crippen molar-refractivity contribution in [3.8, 4) is 0 Å². The first-order valence-electron chi connectivity index (χ1n) is 7.46. The highest BCUT2D eigenvalue weighted by Crippen LogP contribution is 2.34. The number of nitrogens with zero attached hydrogens (tertiary/aromatic N) is 2. The molecule has 0 saturated carbocycles. The van der Waals surface area contributed by atoms with Crippen molar-refractivity contribution < 1.29 is 0 Å². The van der Waals surface area contributed by atoms with Crippen LogP contribution in [0.3, 0.4) is 0 Å². The highest BCUT2D eigenvalue weighted by molar-refractivity contribution is 9.10. The Labute approximate surface area is 135 Å². The first-order valence-corrected chi connectivity index (χ1v) is 9.14. The van der Waals surface area contributed by atoms with E-state index in [0.29, 0.717) is 12.1 Å². The molecule has 1 aromatic heterocycles. The average Bonchev–Trinajstić information content (AvgIpc) is 2.71. The second-order valence-corrected chi connectivity index (χ2v) is 7.75. The molecular weight excluding hydrogens is 334 g/mol. The fourth-order valence-electron chi connectivity index (χ4n) is 3.20. The molecule has 1 fully saturated rings. The Kier molecular flexibility index (Phi) is 6.05. The van der Waals surface area contributed by atoms with E-state index in [9.17, 15) is 0 Å². The lowest BCUT2D eigenvalue weighted by Gasteiger charge is -2.38. The molecule has 5 heteroatoms. The maximum atomic E-state index is 6.35. The zero-order chi connectivity index (χ0) is 14.7. The molecule has 3 atom stereocenters. The molecule has 1 saturated heterocycles. The lowest BCUT2D eigenvalue weighted by atomic mass is 10.0. The smallest absolute Gasteiger partial charge is 0.0594 e. The fourth-order valence-corrected chi connectivity index (χ4v) is 4.88. The van der Waals surface area contributed by atoms with E-state index in [1.807, 2.05) is 11.3 Å². The maximum Gasteiger partial charge on any atom is 0.0594 e. The van der Waals surface area contributed by atoms with E-state index in [1.165, 1.54) is 28.7 Å². The van der Waals surface area contributed by atoms with E-state index in [4.69, 9.17) is 5.73 Å². The topological polar surface area (TPSA) is 32.5 Å². The van der Waals surface area contributed by atoms with Crippen LogP contribution in [-0.2, 0) is 0 Å². The van der Waals surface area contributed by atoms with Crippen LogP contribution in [0.1, 0.15) is 37.6 Å². The standard InChI is InChI=1S/C15H26BrN3S/c1-4-13-9-18(3)6-5-7-19(13)15(11(2)17)14-8-12(16)10-20-14/h8,10-11,13,15H,4-7,9,17H2,1-3H3. The summed E-state index contributed by atoms with van der Waals surface area (Å²) in [5.41, 5.74) is 6.35. The van der Waals surface area contributed by atoms with Crippen LogP contribution < -0.4 is 5.73 Å². The first-order chi connectivity index (χ1) is 9.52. The van der Waals surface area contributed by atoms with Crippen LogP contribution in [0.4, 0.5) is 0 Å². The zero-order valence-electron chi connectivity index (χ0n) is 12.7. The van der Waals surface area contributed by atoms with Crippen LogP contribution in [0.2, 0.25) is 0 Å². The summed E-state index contributed by atoms with van der Waals surface area (Å²) in [6.45, 7) is 7.91. The van der Waals surface area contributed by atoms with Gasteiger partial charge < -0.3 is 10.6 Å². The molecule has 0 amide bonds. The first kappa shape index (κ1) is 16.4. The van der Waals surface area contributed by atoms with Crippen LogP contribution in [-0.4, -0.2) is 48.6 Å². The zero-order valence-corrected chi connectivity index (χ0v) is 15.1. The number of hydrogen-bond donors (Lipinski definition) is 1. The molecule has 20 heavy (non-hydrogen) atoms. The van der Waals surface area contributed by atoms with Gasteiger partial charge in [0.25, 0.3) is 0 Å². The molecule has 0 bridgehead atoms. The van der Waals surface area contributed by atoms with Gasteiger partial charge in [0.2, 0.25) is 0 Å². The molecular formula is C15H26BrN3S. The van der Waals surface area contributed by atoms with Crippen LogP contribution >= 0.6 is 27.3 Å². The van der Waals surface area contributed by atoms with Gasteiger partial charge >= 0.3 is 0 Å². The third-order valence-electron chi connectivity index (χ3n) is 4.15. The van der Waals surface area contributed by atoms with E-state index < -0.39 is 0 Å². The number of nitrogens with two attached hydrogens (primary N) is 1. The second-order valence-electron chi connectivity index (χ2n) is 5.89. The molecule has 1 aromatic rings. The third-order valence-corrected chi connectivity index (χ3v) is 5.92. The molecule has 2 rings (SSSR count). The van der Waals surface area contributed by atoms with Crippen molar-refractivity contribution in [3.05, 3.63) is 20.8 Å². The molecule has 1 aliphatic heterocycles. The molecule has 3 unspecified atom stereocenters. The Morgan fingerprint density at radius 2 is 2.25 bits per heavy atom. The van der Waals surface area contributed by atoms with E-state index in [1.54, 1.807) is 0 Å². The Morgan fingerprint density at radius 1 is 1.50 bits per heavy atom. The van der Waals surface area contributed by atoms with Gasteiger partial charge in [0.05, 0.1) is 6.04 Å². The number of rotatable bonds is 4. The quantitative estimate of drug-likeness (QED) is 0.894. The van der Waals surface area contributed by atoms with Crippen LogP contribution in [0.15, 0.2) is 15.9 Å². The lowest BCUT2D eigenvalue weighted by Crippen LogP contribution is -2.47.